The van der Waals surface area contributed by atoms with E-state index in [2.05, 4.69) is 26.1 Å². The van der Waals surface area contributed by atoms with Crippen LogP contribution in [0.1, 0.15) is 46.5 Å². The molecule has 158 valence electrons. The number of ether oxygens (including phenoxy) is 2. The van der Waals surface area contributed by atoms with Crippen LogP contribution in [0, 0.1) is 17.8 Å². The van der Waals surface area contributed by atoms with Crippen molar-refractivity contribution in [2.24, 2.45) is 17.8 Å². The highest BCUT2D eigenvalue weighted by Gasteiger charge is 2.34. The first-order chi connectivity index (χ1) is 13.8. The number of amides is 1. The lowest BCUT2D eigenvalue weighted by Crippen LogP contribution is -2.37. The van der Waals surface area contributed by atoms with Crippen molar-refractivity contribution >= 4 is 35.3 Å². The molecule has 1 N–H and O–H groups in total. The molecule has 1 aromatic carbocycles. The summed E-state index contributed by atoms with van der Waals surface area (Å²) in [6, 6.07) is 7.44. The molecule has 0 radical (unpaired) electrons. The molecule has 29 heavy (non-hydrogen) atoms. The number of nitrogens with one attached hydrogen (secondary N) is 1. The number of anilines is 1. The van der Waals surface area contributed by atoms with Crippen LogP contribution in [0.15, 0.2) is 29.2 Å². The van der Waals surface area contributed by atoms with Crippen LogP contribution < -0.4 is 5.32 Å². The van der Waals surface area contributed by atoms with E-state index in [1.807, 2.05) is 24.3 Å². The molecular formula is C22H29NO5S. The molecule has 0 unspecified atom stereocenters. The Bertz CT molecular complexity index is 765. The van der Waals surface area contributed by atoms with Crippen LogP contribution in [-0.2, 0) is 23.9 Å². The Morgan fingerprint density at radius 2 is 1.97 bits per heavy atom. The number of rotatable bonds is 6. The number of hydrogen-bond acceptors (Lipinski definition) is 6. The molecule has 1 aliphatic carbocycles. The summed E-state index contributed by atoms with van der Waals surface area (Å²) >= 11 is 1.33. The second-order valence-electron chi connectivity index (χ2n) is 8.31. The average molecular weight is 420 g/mol. The lowest BCUT2D eigenvalue weighted by molar-refractivity contribution is -0.167. The zero-order valence-electron chi connectivity index (χ0n) is 17.2. The topological polar surface area (TPSA) is 81.7 Å². The van der Waals surface area contributed by atoms with Gasteiger partial charge in [-0.2, -0.15) is 0 Å². The summed E-state index contributed by atoms with van der Waals surface area (Å²) in [5.74, 6) is -0.0271. The molecule has 1 fully saturated rings. The van der Waals surface area contributed by atoms with Crippen molar-refractivity contribution in [3.05, 3.63) is 24.3 Å². The highest BCUT2D eigenvalue weighted by Crippen LogP contribution is 2.37. The van der Waals surface area contributed by atoms with Gasteiger partial charge in [0.1, 0.15) is 6.10 Å². The van der Waals surface area contributed by atoms with Gasteiger partial charge >= 0.3 is 11.9 Å². The largest absolute Gasteiger partial charge is 0.460 e. The van der Waals surface area contributed by atoms with Gasteiger partial charge < -0.3 is 14.8 Å². The van der Waals surface area contributed by atoms with Gasteiger partial charge in [0.15, 0.2) is 6.61 Å². The van der Waals surface area contributed by atoms with E-state index in [1.54, 1.807) is 0 Å². The number of thioether (sulfide) groups is 1. The number of carbonyl (C=O) groups excluding carboxylic acids is 3. The van der Waals surface area contributed by atoms with Gasteiger partial charge in [-0.1, -0.05) is 39.3 Å². The normalized spacial score (nSPS) is 26.4. The number of fused-ring (bicyclic) bond motifs is 1. The molecule has 0 saturated heterocycles. The Labute approximate surface area is 176 Å². The summed E-state index contributed by atoms with van der Waals surface area (Å²) in [7, 11) is 0. The molecule has 0 bridgehead atoms. The summed E-state index contributed by atoms with van der Waals surface area (Å²) in [5, 5.41) is 2.22. The molecule has 1 saturated carbocycles. The van der Waals surface area contributed by atoms with Crippen LogP contribution in [-0.4, -0.2) is 35.8 Å². The predicted molar refractivity (Wildman–Crippen MR) is 112 cm³/mol. The van der Waals surface area contributed by atoms with Crippen molar-refractivity contribution in [1.82, 2.24) is 0 Å². The zero-order chi connectivity index (χ0) is 21.0. The third-order valence-electron chi connectivity index (χ3n) is 5.65. The van der Waals surface area contributed by atoms with E-state index in [4.69, 9.17) is 9.47 Å². The Morgan fingerprint density at radius 1 is 1.21 bits per heavy atom. The smallest absolute Gasteiger partial charge is 0.344 e. The van der Waals surface area contributed by atoms with Gasteiger partial charge in [-0.3, -0.25) is 9.59 Å². The zero-order valence-corrected chi connectivity index (χ0v) is 18.0. The van der Waals surface area contributed by atoms with E-state index < -0.39 is 23.8 Å². The maximum Gasteiger partial charge on any atom is 0.344 e. The molecule has 1 aromatic rings. The number of benzene rings is 1. The van der Waals surface area contributed by atoms with Crippen molar-refractivity contribution in [3.63, 3.8) is 0 Å². The van der Waals surface area contributed by atoms with Crippen molar-refractivity contribution in [3.8, 4) is 0 Å². The third kappa shape index (κ3) is 5.75. The quantitative estimate of drug-likeness (QED) is 0.701. The summed E-state index contributed by atoms with van der Waals surface area (Å²) < 4.78 is 10.7. The molecule has 1 heterocycles. The average Bonchev–Trinajstić information content (AvgIpc) is 2.67. The summed E-state index contributed by atoms with van der Waals surface area (Å²) in [6.07, 6.45) is 2.83. The van der Waals surface area contributed by atoms with Gasteiger partial charge in [-0.15, -0.1) is 11.8 Å². The minimum Gasteiger partial charge on any atom is -0.460 e. The minimum absolute atomic E-state index is 0.0901. The van der Waals surface area contributed by atoms with E-state index in [9.17, 15) is 14.4 Å². The van der Waals surface area contributed by atoms with E-state index >= 15 is 0 Å². The fraction of sp³-hybridized carbons (Fsp3) is 0.591. The van der Waals surface area contributed by atoms with Gasteiger partial charge in [0.25, 0.3) is 0 Å². The molecule has 0 aromatic heterocycles. The molecular weight excluding hydrogens is 390 g/mol. The van der Waals surface area contributed by atoms with E-state index in [0.29, 0.717) is 17.8 Å². The lowest BCUT2D eigenvalue weighted by atomic mass is 9.75. The predicted octanol–water partition coefficient (Wildman–Crippen LogP) is 4.04. The SMILES string of the molecule is CC(C)[C@H]1CC[C@H](C)C[C@H]1OC(=O)COC(=O)C[C@H]1Sc2ccccc2NC1=O. The Balaban J connectivity index is 1.46. The summed E-state index contributed by atoms with van der Waals surface area (Å²) in [6.45, 7) is 6.05. The molecule has 1 amide bonds. The molecule has 7 heteroatoms. The number of hydrogen-bond donors (Lipinski definition) is 1. The maximum atomic E-state index is 12.2. The van der Waals surface area contributed by atoms with Crippen LogP contribution in [0.5, 0.6) is 0 Å². The highest BCUT2D eigenvalue weighted by atomic mass is 32.2. The second kappa shape index (κ2) is 9.65. The van der Waals surface area contributed by atoms with E-state index in [-0.39, 0.29) is 18.4 Å². The van der Waals surface area contributed by atoms with Crippen LogP contribution in [0.4, 0.5) is 5.69 Å². The maximum absolute atomic E-state index is 12.2. The summed E-state index contributed by atoms with van der Waals surface area (Å²) in [4.78, 5) is 37.5. The third-order valence-corrected chi connectivity index (χ3v) is 6.93. The first kappa shape index (κ1) is 21.7. The molecule has 4 atom stereocenters. The monoisotopic (exact) mass is 419 g/mol. The van der Waals surface area contributed by atoms with Crippen LogP contribution in [0.25, 0.3) is 0 Å². The number of carbonyl (C=O) groups is 3. The van der Waals surface area contributed by atoms with Gasteiger partial charge in [-0.25, -0.2) is 4.79 Å². The van der Waals surface area contributed by atoms with E-state index in [1.165, 1.54) is 11.8 Å². The van der Waals surface area contributed by atoms with Crippen molar-refractivity contribution < 1.29 is 23.9 Å². The van der Waals surface area contributed by atoms with Gasteiger partial charge in [0.2, 0.25) is 5.91 Å². The molecule has 6 nitrogen and oxygen atoms in total. The first-order valence-corrected chi connectivity index (χ1v) is 11.1. The highest BCUT2D eigenvalue weighted by molar-refractivity contribution is 8.01. The first-order valence-electron chi connectivity index (χ1n) is 10.2. The Kier molecular flexibility index (Phi) is 7.22. The number of para-hydroxylation sites is 1. The minimum atomic E-state index is -0.577. The fourth-order valence-electron chi connectivity index (χ4n) is 4.03. The van der Waals surface area contributed by atoms with Gasteiger partial charge in [0.05, 0.1) is 17.4 Å². The number of esters is 2. The van der Waals surface area contributed by atoms with Crippen molar-refractivity contribution in [2.45, 2.75) is 62.7 Å². The van der Waals surface area contributed by atoms with Crippen molar-refractivity contribution in [2.75, 3.05) is 11.9 Å². The van der Waals surface area contributed by atoms with Gasteiger partial charge in [-0.05, 0) is 42.7 Å². The molecule has 2 aliphatic rings. The van der Waals surface area contributed by atoms with Crippen molar-refractivity contribution in [1.29, 1.82) is 0 Å². The molecule has 1 aliphatic heterocycles. The van der Waals surface area contributed by atoms with Crippen LogP contribution in [0.2, 0.25) is 0 Å². The van der Waals surface area contributed by atoms with Gasteiger partial charge in [0, 0.05) is 4.90 Å². The summed E-state index contributed by atoms with van der Waals surface area (Å²) in [5.41, 5.74) is 0.747. The van der Waals surface area contributed by atoms with E-state index in [0.717, 1.165) is 29.8 Å². The standard InChI is InChI=1S/C22H29NO5S/c1-13(2)15-9-8-14(3)10-17(15)28-21(25)12-27-20(24)11-19-22(26)23-16-6-4-5-7-18(16)29-19/h4-7,13-15,17,19H,8-12H2,1-3H3,(H,23,26)/t14-,15+,17+,19+/m0/s1. The molecule has 3 rings (SSSR count). The Hall–Kier alpha value is -2.02. The van der Waals surface area contributed by atoms with Crippen LogP contribution in [0.3, 0.4) is 0 Å². The van der Waals surface area contributed by atoms with Crippen LogP contribution >= 0.6 is 11.8 Å². The molecule has 0 spiro atoms. The second-order valence-corrected chi connectivity index (χ2v) is 9.56. The Morgan fingerprint density at radius 3 is 2.72 bits per heavy atom. The fourth-order valence-corrected chi connectivity index (χ4v) is 5.12. The lowest BCUT2D eigenvalue weighted by Gasteiger charge is -2.36.